The molecule has 13 heteroatoms. The molecule has 4 N–H and O–H groups in total. The Labute approximate surface area is 176 Å². The third kappa shape index (κ3) is 7.44. The number of nitrogens with zero attached hydrogens (tertiary/aromatic N) is 1. The highest BCUT2D eigenvalue weighted by molar-refractivity contribution is 7.92. The van der Waals surface area contributed by atoms with Gasteiger partial charge in [-0.3, -0.25) is 14.3 Å². The number of carbonyl (C=O) groups is 2. The van der Waals surface area contributed by atoms with Crippen LogP contribution in [-0.4, -0.2) is 44.6 Å². The Kier molecular flexibility index (Phi) is 7.44. The zero-order valence-electron chi connectivity index (χ0n) is 16.5. The molecule has 0 aliphatic rings. The maximum atomic E-state index is 13.0. The molecule has 0 unspecified atom stereocenters. The van der Waals surface area contributed by atoms with Gasteiger partial charge in [0.1, 0.15) is 5.82 Å². The minimum atomic E-state index is -4.59. The van der Waals surface area contributed by atoms with E-state index in [0.717, 1.165) is 18.4 Å². The molecule has 0 fully saturated rings. The Hall–Kier alpha value is -3.35. The molecule has 1 aromatic carbocycles. The van der Waals surface area contributed by atoms with Crippen molar-refractivity contribution in [2.75, 3.05) is 34.7 Å². The van der Waals surface area contributed by atoms with Crippen LogP contribution >= 0.6 is 0 Å². The van der Waals surface area contributed by atoms with Crippen LogP contribution in [0.5, 0.6) is 0 Å². The average Bonchev–Trinajstić information content (AvgIpc) is 2.64. The fourth-order valence-corrected chi connectivity index (χ4v) is 3.11. The van der Waals surface area contributed by atoms with Gasteiger partial charge in [0.25, 0.3) is 5.91 Å². The van der Waals surface area contributed by atoms with Gasteiger partial charge in [-0.1, -0.05) is 0 Å². The van der Waals surface area contributed by atoms with Gasteiger partial charge in [0.05, 0.1) is 23.1 Å². The third-order valence-electron chi connectivity index (χ3n) is 3.70. The molecule has 0 aliphatic carbocycles. The molecule has 0 atom stereocenters. The Morgan fingerprint density at radius 3 is 2.45 bits per heavy atom. The quantitative estimate of drug-likeness (QED) is 0.448. The van der Waals surface area contributed by atoms with Crippen molar-refractivity contribution < 1.29 is 31.2 Å². The molecule has 1 heterocycles. The summed E-state index contributed by atoms with van der Waals surface area (Å²) in [6.07, 6.45) is -2.48. The van der Waals surface area contributed by atoms with E-state index in [4.69, 9.17) is 0 Å². The van der Waals surface area contributed by atoms with Crippen molar-refractivity contribution in [3.8, 4) is 0 Å². The lowest BCUT2D eigenvalue weighted by Crippen LogP contribution is -2.30. The highest BCUT2D eigenvalue weighted by Gasteiger charge is 2.33. The number of nitrogens with one attached hydrogen (secondary N) is 4. The number of anilines is 3. The second-order valence-electron chi connectivity index (χ2n) is 6.40. The second-order valence-corrected chi connectivity index (χ2v) is 8.14. The first-order valence-corrected chi connectivity index (χ1v) is 10.7. The third-order valence-corrected chi connectivity index (χ3v) is 4.29. The summed E-state index contributed by atoms with van der Waals surface area (Å²) in [6, 6.07) is 6.03. The van der Waals surface area contributed by atoms with Crippen LogP contribution in [0, 0.1) is 0 Å². The number of hydrogen-bond donors (Lipinski definition) is 4. The van der Waals surface area contributed by atoms with Crippen molar-refractivity contribution in [1.82, 2.24) is 10.3 Å². The largest absolute Gasteiger partial charge is 0.419 e. The van der Waals surface area contributed by atoms with Gasteiger partial charge in [0.2, 0.25) is 15.9 Å². The first-order valence-electron chi connectivity index (χ1n) is 8.80. The van der Waals surface area contributed by atoms with Crippen LogP contribution < -0.4 is 20.7 Å². The number of alkyl halides is 3. The minimum absolute atomic E-state index is 0.0221. The summed E-state index contributed by atoms with van der Waals surface area (Å²) < 4.78 is 64.2. The molecule has 2 aromatic rings. The number of benzene rings is 1. The maximum Gasteiger partial charge on any atom is 0.419 e. The monoisotopic (exact) mass is 459 g/mol. The lowest BCUT2D eigenvalue weighted by atomic mass is 10.1. The summed E-state index contributed by atoms with van der Waals surface area (Å²) in [6.45, 7) is 1.10. The Bertz CT molecular complexity index is 1070. The van der Waals surface area contributed by atoms with Crippen molar-refractivity contribution in [2.45, 2.75) is 13.1 Å². The van der Waals surface area contributed by atoms with Crippen molar-refractivity contribution >= 4 is 39.0 Å². The fraction of sp³-hybridized carbons (Fsp3) is 0.278. The van der Waals surface area contributed by atoms with E-state index in [1.807, 2.05) is 0 Å². The number of amides is 2. The van der Waals surface area contributed by atoms with Gasteiger partial charge in [-0.2, -0.15) is 13.2 Å². The van der Waals surface area contributed by atoms with Crippen LogP contribution in [-0.2, 0) is 21.0 Å². The molecule has 2 amide bonds. The molecule has 0 aliphatic heterocycles. The average molecular weight is 459 g/mol. The fourth-order valence-electron chi connectivity index (χ4n) is 2.53. The molecule has 2 rings (SSSR count). The van der Waals surface area contributed by atoms with E-state index in [-0.39, 0.29) is 35.8 Å². The number of halogens is 3. The predicted molar refractivity (Wildman–Crippen MR) is 109 cm³/mol. The van der Waals surface area contributed by atoms with Gasteiger partial charge in [0, 0.05) is 31.9 Å². The summed E-state index contributed by atoms with van der Waals surface area (Å²) in [5, 5.41) is 7.45. The van der Waals surface area contributed by atoms with E-state index in [0.29, 0.717) is 0 Å². The number of pyridine rings is 1. The summed E-state index contributed by atoms with van der Waals surface area (Å²) in [5.74, 6) is -1.47. The van der Waals surface area contributed by atoms with E-state index in [2.05, 4.69) is 25.7 Å². The normalized spacial score (nSPS) is 11.5. The van der Waals surface area contributed by atoms with E-state index in [1.54, 1.807) is 0 Å². The van der Waals surface area contributed by atoms with Crippen molar-refractivity contribution in [2.24, 2.45) is 0 Å². The highest BCUT2D eigenvalue weighted by atomic mass is 32.2. The van der Waals surface area contributed by atoms with Gasteiger partial charge in [0.15, 0.2) is 0 Å². The van der Waals surface area contributed by atoms with Crippen LogP contribution in [0.4, 0.5) is 30.4 Å². The van der Waals surface area contributed by atoms with Crippen LogP contribution in [0.1, 0.15) is 22.8 Å². The maximum absolute atomic E-state index is 13.0. The van der Waals surface area contributed by atoms with Crippen LogP contribution in [0.15, 0.2) is 36.5 Å². The molecular weight excluding hydrogens is 439 g/mol. The number of carbonyl (C=O) groups excluding carboxylic acids is 2. The molecule has 9 nitrogen and oxygen atoms in total. The van der Waals surface area contributed by atoms with Gasteiger partial charge < -0.3 is 16.0 Å². The minimum Gasteiger partial charge on any atom is -0.368 e. The lowest BCUT2D eigenvalue weighted by Gasteiger charge is -2.15. The van der Waals surface area contributed by atoms with Crippen molar-refractivity contribution in [1.29, 1.82) is 0 Å². The molecule has 1 aromatic heterocycles. The Morgan fingerprint density at radius 1 is 1.13 bits per heavy atom. The molecule has 31 heavy (non-hydrogen) atoms. The van der Waals surface area contributed by atoms with E-state index < -0.39 is 33.6 Å². The first kappa shape index (κ1) is 23.9. The predicted octanol–water partition coefficient (Wildman–Crippen LogP) is 2.27. The number of rotatable bonds is 8. The summed E-state index contributed by atoms with van der Waals surface area (Å²) >= 11 is 0. The summed E-state index contributed by atoms with van der Waals surface area (Å²) in [5.41, 5.74) is -0.779. The molecule has 168 valence electrons. The molecule has 0 radical (unpaired) electrons. The molecule has 0 spiro atoms. The van der Waals surface area contributed by atoms with Gasteiger partial charge >= 0.3 is 6.18 Å². The van der Waals surface area contributed by atoms with E-state index in [9.17, 15) is 31.2 Å². The summed E-state index contributed by atoms with van der Waals surface area (Å²) in [7, 11) is -3.69. The second kappa shape index (κ2) is 9.64. The topological polar surface area (TPSA) is 129 Å². The smallest absolute Gasteiger partial charge is 0.368 e. The van der Waals surface area contributed by atoms with Crippen LogP contribution in [0.2, 0.25) is 0 Å². The van der Waals surface area contributed by atoms with E-state index >= 15 is 0 Å². The lowest BCUT2D eigenvalue weighted by molar-refractivity contribution is -0.137. The SMILES string of the molecule is CC(=O)Nc1ccc(NS(C)(=O)=O)c(C(=O)NCCNc2ncccc2C(F)(F)F)c1. The summed E-state index contributed by atoms with van der Waals surface area (Å²) in [4.78, 5) is 27.4. The standard InChI is InChI=1S/C18H20F3N5O4S/c1-11(27)25-12-5-6-15(26-31(2,29)30)13(10-12)17(28)24-9-8-23-16-14(18(19,20)21)4-3-7-22-16/h3-7,10,26H,8-9H2,1-2H3,(H,22,23)(H,24,28)(H,25,27). The van der Waals surface area contributed by atoms with Gasteiger partial charge in [-0.15, -0.1) is 0 Å². The van der Waals surface area contributed by atoms with Crippen molar-refractivity contribution in [3.63, 3.8) is 0 Å². The molecule has 0 saturated carbocycles. The van der Waals surface area contributed by atoms with Crippen LogP contribution in [0.25, 0.3) is 0 Å². The van der Waals surface area contributed by atoms with Crippen molar-refractivity contribution in [3.05, 3.63) is 47.7 Å². The molecule has 0 saturated heterocycles. The number of sulfonamides is 1. The number of hydrogen-bond acceptors (Lipinski definition) is 6. The zero-order chi connectivity index (χ0) is 23.2. The molecular formula is C18H20F3N5O4S. The highest BCUT2D eigenvalue weighted by Crippen LogP contribution is 2.33. The molecule has 0 bridgehead atoms. The van der Waals surface area contributed by atoms with E-state index in [1.165, 1.54) is 31.3 Å². The zero-order valence-corrected chi connectivity index (χ0v) is 17.3. The number of aromatic nitrogens is 1. The first-order chi connectivity index (χ1) is 14.4. The van der Waals surface area contributed by atoms with Gasteiger partial charge in [-0.25, -0.2) is 13.4 Å². The Balaban J connectivity index is 2.10. The van der Waals surface area contributed by atoms with Crippen LogP contribution in [0.3, 0.4) is 0 Å². The Morgan fingerprint density at radius 2 is 1.84 bits per heavy atom. The van der Waals surface area contributed by atoms with Gasteiger partial charge in [-0.05, 0) is 30.3 Å².